The topological polar surface area (TPSA) is 89.4 Å². The Bertz CT molecular complexity index is 751. The minimum atomic E-state index is -3.99. The molecule has 1 aromatic heterocycles. The number of sulfonamides is 1. The highest BCUT2D eigenvalue weighted by molar-refractivity contribution is 7.89. The van der Waals surface area contributed by atoms with E-state index in [-0.39, 0.29) is 12.2 Å². The summed E-state index contributed by atoms with van der Waals surface area (Å²) >= 11 is 0. The average Bonchev–Trinajstić information content (AvgIpc) is 2.73. The molecular weight excluding hydrogens is 297 g/mol. The zero-order chi connectivity index (χ0) is 15.8. The highest BCUT2D eigenvalue weighted by Crippen LogP contribution is 2.23. The lowest BCUT2D eigenvalue weighted by Gasteiger charge is -2.17. The number of aryl methyl sites for hydroxylation is 2. The number of halogens is 1. The number of nitrogen functional groups attached to an aromatic ring is 1. The quantitative estimate of drug-likeness (QED) is 0.870. The summed E-state index contributed by atoms with van der Waals surface area (Å²) in [6.45, 7) is 3.45. The molecule has 2 rings (SSSR count). The summed E-state index contributed by atoms with van der Waals surface area (Å²) in [7, 11) is -2.63. The van der Waals surface area contributed by atoms with Gasteiger partial charge >= 0.3 is 0 Å². The summed E-state index contributed by atoms with van der Waals surface area (Å²) in [5.74, 6) is -0.308. The van der Waals surface area contributed by atoms with Crippen molar-refractivity contribution in [3.63, 3.8) is 0 Å². The van der Waals surface area contributed by atoms with Crippen LogP contribution in [0.3, 0.4) is 0 Å². The Hall–Kier alpha value is -1.93. The molecule has 21 heavy (non-hydrogen) atoms. The molecule has 1 aromatic carbocycles. The van der Waals surface area contributed by atoms with E-state index in [1.807, 2.05) is 0 Å². The van der Waals surface area contributed by atoms with Crippen LogP contribution in [-0.2, 0) is 16.6 Å². The van der Waals surface area contributed by atoms with Crippen LogP contribution in [0.5, 0.6) is 0 Å². The molecule has 2 aromatic rings. The molecule has 8 heteroatoms. The van der Waals surface area contributed by atoms with Gasteiger partial charge in [0, 0.05) is 24.8 Å². The lowest BCUT2D eigenvalue weighted by atomic mass is 10.2. The van der Waals surface area contributed by atoms with Crippen LogP contribution in [0.15, 0.2) is 27.6 Å². The van der Waals surface area contributed by atoms with E-state index in [1.54, 1.807) is 13.8 Å². The molecule has 6 nitrogen and oxygen atoms in total. The van der Waals surface area contributed by atoms with Crippen molar-refractivity contribution < 1.29 is 17.3 Å². The van der Waals surface area contributed by atoms with Crippen LogP contribution in [0, 0.1) is 19.7 Å². The van der Waals surface area contributed by atoms with Crippen molar-refractivity contribution in [1.29, 1.82) is 0 Å². The molecule has 0 fully saturated rings. The van der Waals surface area contributed by atoms with E-state index in [4.69, 9.17) is 10.3 Å². The molecule has 0 saturated heterocycles. The Balaban J connectivity index is 2.37. The summed E-state index contributed by atoms with van der Waals surface area (Å²) in [5, 5.41) is 3.77. The Morgan fingerprint density at radius 2 is 2.05 bits per heavy atom. The van der Waals surface area contributed by atoms with E-state index in [9.17, 15) is 12.8 Å². The Morgan fingerprint density at radius 1 is 1.38 bits per heavy atom. The van der Waals surface area contributed by atoms with Gasteiger partial charge in [-0.25, -0.2) is 12.8 Å². The Morgan fingerprint density at radius 3 is 2.62 bits per heavy atom. The van der Waals surface area contributed by atoms with Gasteiger partial charge in [-0.05, 0) is 32.0 Å². The SMILES string of the molecule is Cc1noc(C)c1CN(C)S(=O)(=O)c1cc(N)ccc1F. The second kappa shape index (κ2) is 5.45. The van der Waals surface area contributed by atoms with Gasteiger partial charge in [0.15, 0.2) is 0 Å². The molecule has 114 valence electrons. The van der Waals surface area contributed by atoms with Crippen molar-refractivity contribution in [2.75, 3.05) is 12.8 Å². The summed E-state index contributed by atoms with van der Waals surface area (Å²) in [5.41, 5.74) is 6.97. The van der Waals surface area contributed by atoms with Gasteiger partial charge in [-0.15, -0.1) is 0 Å². The molecular formula is C13H16FN3O3S. The number of aromatic nitrogens is 1. The summed E-state index contributed by atoms with van der Waals surface area (Å²) in [4.78, 5) is -0.447. The maximum Gasteiger partial charge on any atom is 0.246 e. The first-order valence-corrected chi connectivity index (χ1v) is 7.60. The molecule has 2 N–H and O–H groups in total. The van der Waals surface area contributed by atoms with Gasteiger partial charge < -0.3 is 10.3 Å². The molecule has 0 aliphatic carbocycles. The molecule has 0 aliphatic heterocycles. The van der Waals surface area contributed by atoms with Gasteiger partial charge in [-0.3, -0.25) is 0 Å². The highest BCUT2D eigenvalue weighted by Gasteiger charge is 2.26. The first-order chi connectivity index (χ1) is 9.73. The van der Waals surface area contributed by atoms with Gasteiger partial charge in [0.25, 0.3) is 0 Å². The third-order valence-corrected chi connectivity index (χ3v) is 5.02. The van der Waals surface area contributed by atoms with Gasteiger partial charge in [0.05, 0.1) is 5.69 Å². The van der Waals surface area contributed by atoms with Crippen LogP contribution in [0.1, 0.15) is 17.0 Å². The van der Waals surface area contributed by atoms with Crippen LogP contribution in [0.4, 0.5) is 10.1 Å². The highest BCUT2D eigenvalue weighted by atomic mass is 32.2. The maximum atomic E-state index is 13.8. The molecule has 0 unspecified atom stereocenters. The van der Waals surface area contributed by atoms with E-state index in [2.05, 4.69) is 5.16 Å². The number of hydrogen-bond acceptors (Lipinski definition) is 5. The van der Waals surface area contributed by atoms with Crippen LogP contribution in [0.2, 0.25) is 0 Å². The van der Waals surface area contributed by atoms with Crippen LogP contribution >= 0.6 is 0 Å². The maximum absolute atomic E-state index is 13.8. The predicted molar refractivity (Wildman–Crippen MR) is 75.4 cm³/mol. The molecule has 1 heterocycles. The van der Waals surface area contributed by atoms with Gasteiger partial charge in [0.1, 0.15) is 16.5 Å². The second-order valence-corrected chi connectivity index (χ2v) is 6.77. The third-order valence-electron chi connectivity index (χ3n) is 3.21. The summed E-state index contributed by atoms with van der Waals surface area (Å²) in [6, 6.07) is 3.45. The van der Waals surface area contributed by atoms with Crippen LogP contribution < -0.4 is 5.73 Å². The van der Waals surface area contributed by atoms with E-state index in [0.29, 0.717) is 17.0 Å². The number of benzene rings is 1. The van der Waals surface area contributed by atoms with Crippen LogP contribution in [0.25, 0.3) is 0 Å². The smallest absolute Gasteiger partial charge is 0.246 e. The number of rotatable bonds is 4. The summed E-state index contributed by atoms with van der Waals surface area (Å²) in [6.07, 6.45) is 0. The van der Waals surface area contributed by atoms with Gasteiger partial charge in [0.2, 0.25) is 10.0 Å². The van der Waals surface area contributed by atoms with Crippen LogP contribution in [-0.4, -0.2) is 24.9 Å². The fourth-order valence-corrected chi connectivity index (χ4v) is 3.16. The molecule has 0 atom stereocenters. The van der Waals surface area contributed by atoms with Gasteiger partial charge in [-0.1, -0.05) is 5.16 Å². The Labute approximate surface area is 122 Å². The van der Waals surface area contributed by atoms with E-state index in [1.165, 1.54) is 13.1 Å². The number of hydrogen-bond donors (Lipinski definition) is 1. The molecule has 0 spiro atoms. The zero-order valence-electron chi connectivity index (χ0n) is 11.9. The van der Waals surface area contributed by atoms with E-state index >= 15 is 0 Å². The lowest BCUT2D eigenvalue weighted by molar-refractivity contribution is 0.390. The molecule has 0 radical (unpaired) electrons. The van der Waals surface area contributed by atoms with Crippen molar-refractivity contribution in [1.82, 2.24) is 9.46 Å². The van der Waals surface area contributed by atoms with E-state index < -0.39 is 20.7 Å². The minimum absolute atomic E-state index is 0.0394. The molecule has 0 aliphatic rings. The largest absolute Gasteiger partial charge is 0.399 e. The molecule has 0 bridgehead atoms. The van der Waals surface area contributed by atoms with Crippen molar-refractivity contribution in [2.45, 2.75) is 25.3 Å². The van der Waals surface area contributed by atoms with Crippen molar-refractivity contribution >= 4 is 15.7 Å². The first-order valence-electron chi connectivity index (χ1n) is 6.16. The third kappa shape index (κ3) is 2.91. The normalized spacial score (nSPS) is 12.0. The fraction of sp³-hybridized carbons (Fsp3) is 0.308. The predicted octanol–water partition coefficient (Wildman–Crippen LogP) is 1.83. The minimum Gasteiger partial charge on any atom is -0.399 e. The molecule has 0 saturated carbocycles. The van der Waals surface area contributed by atoms with Gasteiger partial charge in [-0.2, -0.15) is 4.31 Å². The lowest BCUT2D eigenvalue weighted by Crippen LogP contribution is -2.27. The van der Waals surface area contributed by atoms with Crippen molar-refractivity contribution in [3.8, 4) is 0 Å². The van der Waals surface area contributed by atoms with Crippen molar-refractivity contribution in [3.05, 3.63) is 41.0 Å². The number of nitrogens with zero attached hydrogens (tertiary/aromatic N) is 2. The molecule has 0 amide bonds. The zero-order valence-corrected chi connectivity index (χ0v) is 12.7. The first kappa shape index (κ1) is 15.5. The Kier molecular flexibility index (Phi) is 4.02. The fourth-order valence-electron chi connectivity index (χ4n) is 1.92. The van der Waals surface area contributed by atoms with Crippen molar-refractivity contribution in [2.24, 2.45) is 0 Å². The van der Waals surface area contributed by atoms with E-state index in [0.717, 1.165) is 16.4 Å². The summed E-state index contributed by atoms with van der Waals surface area (Å²) < 4.78 is 44.7. The standard InChI is InChI=1S/C13H16FN3O3S/c1-8-11(9(2)20-16-8)7-17(3)21(18,19)13-6-10(15)4-5-12(13)14/h4-6H,7,15H2,1-3H3. The average molecular weight is 313 g/mol. The number of anilines is 1. The number of nitrogens with two attached hydrogens (primary N) is 1. The second-order valence-electron chi connectivity index (χ2n) is 4.75. The monoisotopic (exact) mass is 313 g/mol.